The van der Waals surface area contributed by atoms with Crippen molar-refractivity contribution < 1.29 is 28.6 Å². The van der Waals surface area contributed by atoms with E-state index in [1.54, 1.807) is 30.3 Å². The van der Waals surface area contributed by atoms with Gasteiger partial charge in [-0.05, 0) is 63.6 Å². The van der Waals surface area contributed by atoms with Crippen molar-refractivity contribution >= 4 is 17.7 Å². The molecule has 194 valence electrons. The summed E-state index contributed by atoms with van der Waals surface area (Å²) in [6, 6.07) is 12.0. The van der Waals surface area contributed by atoms with Crippen LogP contribution in [0.2, 0.25) is 0 Å². The highest BCUT2D eigenvalue weighted by atomic mass is 16.5. The Kier molecular flexibility index (Phi) is 9.30. The van der Waals surface area contributed by atoms with Crippen LogP contribution in [0, 0.1) is 0 Å². The lowest BCUT2D eigenvalue weighted by Crippen LogP contribution is -2.48. The van der Waals surface area contributed by atoms with Crippen molar-refractivity contribution in [3.63, 3.8) is 0 Å². The number of ether oxygens (including phenoxy) is 3. The fourth-order valence-corrected chi connectivity index (χ4v) is 4.01. The maximum atomic E-state index is 12.8. The predicted molar refractivity (Wildman–Crippen MR) is 135 cm³/mol. The van der Waals surface area contributed by atoms with E-state index < -0.39 is 0 Å². The number of nitrogens with one attached hydrogen (secondary N) is 2. The topological polar surface area (TPSA) is 106 Å². The Labute approximate surface area is 212 Å². The van der Waals surface area contributed by atoms with Crippen LogP contribution in [0.1, 0.15) is 54.0 Å². The molecule has 9 heteroatoms. The van der Waals surface area contributed by atoms with E-state index in [4.69, 9.17) is 14.2 Å². The molecule has 2 unspecified atom stereocenters. The number of benzene rings is 2. The van der Waals surface area contributed by atoms with Crippen LogP contribution >= 0.6 is 0 Å². The molecule has 0 saturated carbocycles. The number of nitrogens with zero attached hydrogens (tertiary/aromatic N) is 1. The van der Waals surface area contributed by atoms with E-state index in [9.17, 15) is 14.4 Å². The number of hydrogen-bond acceptors (Lipinski definition) is 6. The highest BCUT2D eigenvalue weighted by Gasteiger charge is 2.26. The number of rotatable bonds is 9. The Morgan fingerprint density at radius 3 is 2.25 bits per heavy atom. The zero-order chi connectivity index (χ0) is 26.2. The number of carbonyl (C=O) groups excluding carboxylic acids is 3. The SMILES string of the molecule is COc1cc(C(=O)NCc2ccc(C(=O)N3CC(C)OC(C)C3)cc2)ccc1OCC(=O)NC(C)C. The molecule has 1 saturated heterocycles. The molecule has 2 aromatic rings. The molecule has 1 fully saturated rings. The Morgan fingerprint density at radius 2 is 1.64 bits per heavy atom. The molecule has 0 aromatic heterocycles. The van der Waals surface area contributed by atoms with E-state index in [1.807, 2.05) is 44.7 Å². The van der Waals surface area contributed by atoms with Gasteiger partial charge in [0.25, 0.3) is 17.7 Å². The van der Waals surface area contributed by atoms with Gasteiger partial charge in [0.15, 0.2) is 18.1 Å². The molecule has 2 aromatic carbocycles. The Bertz CT molecular complexity index is 1060. The average Bonchev–Trinajstić information content (AvgIpc) is 2.84. The molecule has 3 rings (SSSR count). The summed E-state index contributed by atoms with van der Waals surface area (Å²) in [5, 5.41) is 5.62. The molecular weight excluding hydrogens is 462 g/mol. The van der Waals surface area contributed by atoms with Crippen LogP contribution in [0.15, 0.2) is 42.5 Å². The second-order valence-corrected chi connectivity index (χ2v) is 9.22. The molecule has 3 amide bonds. The quantitative estimate of drug-likeness (QED) is 0.552. The van der Waals surface area contributed by atoms with E-state index in [-0.39, 0.29) is 42.6 Å². The number of hydrogen-bond donors (Lipinski definition) is 2. The van der Waals surface area contributed by atoms with Crippen LogP contribution in [0.4, 0.5) is 0 Å². The molecule has 2 N–H and O–H groups in total. The molecule has 2 atom stereocenters. The van der Waals surface area contributed by atoms with Gasteiger partial charge in [-0.25, -0.2) is 0 Å². The molecule has 0 aliphatic carbocycles. The van der Waals surface area contributed by atoms with Gasteiger partial charge in [0, 0.05) is 36.8 Å². The minimum Gasteiger partial charge on any atom is -0.493 e. The van der Waals surface area contributed by atoms with Crippen molar-refractivity contribution in [1.82, 2.24) is 15.5 Å². The zero-order valence-corrected chi connectivity index (χ0v) is 21.5. The smallest absolute Gasteiger partial charge is 0.258 e. The van der Waals surface area contributed by atoms with Gasteiger partial charge in [-0.2, -0.15) is 0 Å². The monoisotopic (exact) mass is 497 g/mol. The lowest BCUT2D eigenvalue weighted by molar-refractivity contribution is -0.123. The van der Waals surface area contributed by atoms with Crippen molar-refractivity contribution in [3.05, 3.63) is 59.2 Å². The predicted octanol–water partition coefficient (Wildman–Crippen LogP) is 2.78. The summed E-state index contributed by atoms with van der Waals surface area (Å²) in [6.45, 7) is 8.95. The van der Waals surface area contributed by atoms with Crippen molar-refractivity contribution in [2.24, 2.45) is 0 Å². The molecule has 1 aliphatic rings. The fraction of sp³-hybridized carbons (Fsp3) is 0.444. The van der Waals surface area contributed by atoms with Gasteiger partial charge in [0.05, 0.1) is 19.3 Å². The minimum absolute atomic E-state index is 0.0100. The van der Waals surface area contributed by atoms with Crippen LogP contribution in [-0.2, 0) is 16.1 Å². The highest BCUT2D eigenvalue weighted by molar-refractivity contribution is 5.95. The molecule has 9 nitrogen and oxygen atoms in total. The summed E-state index contributed by atoms with van der Waals surface area (Å²) in [5.74, 6) is 0.181. The van der Waals surface area contributed by atoms with Gasteiger partial charge in [0.2, 0.25) is 0 Å². The van der Waals surface area contributed by atoms with Crippen LogP contribution in [-0.4, -0.2) is 67.7 Å². The third-order valence-corrected chi connectivity index (χ3v) is 5.60. The number of methoxy groups -OCH3 is 1. The van der Waals surface area contributed by atoms with Crippen molar-refractivity contribution in [2.75, 3.05) is 26.8 Å². The van der Waals surface area contributed by atoms with Crippen LogP contribution in [0.5, 0.6) is 11.5 Å². The number of carbonyl (C=O) groups is 3. The lowest BCUT2D eigenvalue weighted by atomic mass is 10.1. The molecule has 0 radical (unpaired) electrons. The standard InChI is InChI=1S/C27H35N3O6/c1-17(2)29-25(31)16-35-23-11-10-22(12-24(23)34-5)26(32)28-13-20-6-8-21(9-7-20)27(33)30-14-18(3)36-19(4)15-30/h6-12,17-19H,13-16H2,1-5H3,(H,28,32)(H,29,31). The van der Waals surface area contributed by atoms with Crippen molar-refractivity contribution in [2.45, 2.75) is 52.5 Å². The summed E-state index contributed by atoms with van der Waals surface area (Å²) < 4.78 is 16.6. The zero-order valence-electron chi connectivity index (χ0n) is 21.5. The third-order valence-electron chi connectivity index (χ3n) is 5.60. The second-order valence-electron chi connectivity index (χ2n) is 9.22. The first-order valence-electron chi connectivity index (χ1n) is 12.1. The van der Waals surface area contributed by atoms with Gasteiger partial charge in [-0.1, -0.05) is 12.1 Å². The minimum atomic E-state index is -0.283. The van der Waals surface area contributed by atoms with Crippen LogP contribution in [0.3, 0.4) is 0 Å². The van der Waals surface area contributed by atoms with Gasteiger partial charge < -0.3 is 29.7 Å². The molecular formula is C27H35N3O6. The van der Waals surface area contributed by atoms with E-state index >= 15 is 0 Å². The first-order chi connectivity index (χ1) is 17.2. The maximum Gasteiger partial charge on any atom is 0.258 e. The van der Waals surface area contributed by atoms with Gasteiger partial charge in [0.1, 0.15) is 0 Å². The fourth-order valence-electron chi connectivity index (χ4n) is 4.01. The maximum absolute atomic E-state index is 12.8. The summed E-state index contributed by atoms with van der Waals surface area (Å²) in [5.41, 5.74) is 1.87. The summed E-state index contributed by atoms with van der Waals surface area (Å²) in [4.78, 5) is 39.1. The lowest BCUT2D eigenvalue weighted by Gasteiger charge is -2.35. The van der Waals surface area contributed by atoms with Crippen molar-refractivity contribution in [3.8, 4) is 11.5 Å². The summed E-state index contributed by atoms with van der Waals surface area (Å²) >= 11 is 0. The number of morpholine rings is 1. The first kappa shape index (κ1) is 27.0. The Hall–Kier alpha value is -3.59. The average molecular weight is 498 g/mol. The van der Waals surface area contributed by atoms with Gasteiger partial charge in [-0.15, -0.1) is 0 Å². The van der Waals surface area contributed by atoms with Gasteiger partial charge >= 0.3 is 0 Å². The van der Waals surface area contributed by atoms with E-state index in [0.717, 1.165) is 5.56 Å². The highest BCUT2D eigenvalue weighted by Crippen LogP contribution is 2.28. The largest absolute Gasteiger partial charge is 0.493 e. The Balaban J connectivity index is 1.55. The first-order valence-corrected chi connectivity index (χ1v) is 12.1. The van der Waals surface area contributed by atoms with E-state index in [2.05, 4.69) is 10.6 Å². The molecule has 0 spiro atoms. The second kappa shape index (κ2) is 12.4. The molecule has 1 heterocycles. The Morgan fingerprint density at radius 1 is 1.00 bits per heavy atom. The summed E-state index contributed by atoms with van der Waals surface area (Å²) in [6.07, 6.45) is 0.0200. The summed E-state index contributed by atoms with van der Waals surface area (Å²) in [7, 11) is 1.47. The van der Waals surface area contributed by atoms with Crippen LogP contribution < -0.4 is 20.1 Å². The molecule has 36 heavy (non-hydrogen) atoms. The normalized spacial score (nSPS) is 17.4. The third kappa shape index (κ3) is 7.45. The van der Waals surface area contributed by atoms with Gasteiger partial charge in [-0.3, -0.25) is 14.4 Å². The van der Waals surface area contributed by atoms with E-state index in [1.165, 1.54) is 7.11 Å². The van der Waals surface area contributed by atoms with E-state index in [0.29, 0.717) is 42.3 Å². The van der Waals surface area contributed by atoms with Crippen LogP contribution in [0.25, 0.3) is 0 Å². The number of amides is 3. The molecule has 0 bridgehead atoms. The van der Waals surface area contributed by atoms with Crippen molar-refractivity contribution in [1.29, 1.82) is 0 Å². The molecule has 1 aliphatic heterocycles.